The number of nitrogens with two attached hydrogens (primary N) is 1. The molecule has 0 radical (unpaired) electrons. The molecule has 1 aromatic heterocycles. The Labute approximate surface area is 101 Å². The molecule has 1 atom stereocenters. The SMILES string of the molecule is COC1(C(N)c2cnc(C(F)(F)F)s2)CCC1. The van der Waals surface area contributed by atoms with Gasteiger partial charge in [0.25, 0.3) is 0 Å². The van der Waals surface area contributed by atoms with Crippen LogP contribution >= 0.6 is 11.3 Å². The summed E-state index contributed by atoms with van der Waals surface area (Å²) in [4.78, 5) is 3.80. The lowest BCUT2D eigenvalue weighted by atomic mass is 9.74. The Kier molecular flexibility index (Phi) is 3.17. The van der Waals surface area contributed by atoms with Gasteiger partial charge in [-0.3, -0.25) is 0 Å². The first-order chi connectivity index (χ1) is 7.89. The summed E-state index contributed by atoms with van der Waals surface area (Å²) in [7, 11) is 1.55. The van der Waals surface area contributed by atoms with Gasteiger partial charge >= 0.3 is 6.18 Å². The number of aromatic nitrogens is 1. The Bertz CT molecular complexity index is 395. The average molecular weight is 266 g/mol. The summed E-state index contributed by atoms with van der Waals surface area (Å²) in [5.41, 5.74) is 5.48. The summed E-state index contributed by atoms with van der Waals surface area (Å²) < 4.78 is 42.6. The topological polar surface area (TPSA) is 48.1 Å². The lowest BCUT2D eigenvalue weighted by Gasteiger charge is -2.44. The van der Waals surface area contributed by atoms with Crippen LogP contribution in [0.15, 0.2) is 6.20 Å². The molecule has 1 aliphatic rings. The lowest BCUT2D eigenvalue weighted by Crippen LogP contribution is -2.48. The van der Waals surface area contributed by atoms with Crippen LogP contribution in [0, 0.1) is 0 Å². The Morgan fingerprint density at radius 1 is 1.53 bits per heavy atom. The number of methoxy groups -OCH3 is 1. The van der Waals surface area contributed by atoms with E-state index in [1.54, 1.807) is 7.11 Å². The fourth-order valence-corrected chi connectivity index (χ4v) is 2.88. The zero-order chi connectivity index (χ0) is 12.7. The van der Waals surface area contributed by atoms with Crippen molar-refractivity contribution in [2.45, 2.75) is 37.1 Å². The highest BCUT2D eigenvalue weighted by Crippen LogP contribution is 2.45. The fourth-order valence-electron chi connectivity index (χ4n) is 1.99. The molecule has 1 fully saturated rings. The van der Waals surface area contributed by atoms with Gasteiger partial charge in [0.15, 0.2) is 5.01 Å². The normalized spacial score (nSPS) is 21.0. The molecule has 7 heteroatoms. The minimum atomic E-state index is -4.40. The standard InChI is InChI=1S/C10H13F3N2OS/c1-16-9(3-2-4-9)7(14)6-5-15-8(17-6)10(11,12)13/h5,7H,2-4,14H2,1H3. The van der Waals surface area contributed by atoms with Crippen molar-refractivity contribution in [2.24, 2.45) is 5.73 Å². The summed E-state index contributed by atoms with van der Waals surface area (Å²) >= 11 is 0.598. The molecule has 0 amide bonds. The molecule has 17 heavy (non-hydrogen) atoms. The van der Waals surface area contributed by atoms with Gasteiger partial charge in [-0.2, -0.15) is 13.2 Å². The summed E-state index contributed by atoms with van der Waals surface area (Å²) in [6.07, 6.45) is -0.639. The van der Waals surface area contributed by atoms with Crippen LogP contribution in [0.3, 0.4) is 0 Å². The Hall–Kier alpha value is -0.660. The number of thiazole rings is 1. The van der Waals surface area contributed by atoms with E-state index in [1.807, 2.05) is 0 Å². The third kappa shape index (κ3) is 2.19. The van der Waals surface area contributed by atoms with Crippen LogP contribution in [0.1, 0.15) is 35.2 Å². The molecule has 2 N–H and O–H groups in total. The minimum Gasteiger partial charge on any atom is -0.376 e. The van der Waals surface area contributed by atoms with E-state index in [9.17, 15) is 13.2 Å². The van der Waals surface area contributed by atoms with Gasteiger partial charge < -0.3 is 10.5 Å². The molecule has 1 saturated carbocycles. The fraction of sp³-hybridized carbons (Fsp3) is 0.700. The van der Waals surface area contributed by atoms with Crippen LogP contribution in [0.5, 0.6) is 0 Å². The number of alkyl halides is 3. The van der Waals surface area contributed by atoms with Gasteiger partial charge in [0, 0.05) is 18.2 Å². The van der Waals surface area contributed by atoms with E-state index in [4.69, 9.17) is 10.5 Å². The highest BCUT2D eigenvalue weighted by molar-refractivity contribution is 7.11. The van der Waals surface area contributed by atoms with Crippen molar-refractivity contribution in [2.75, 3.05) is 7.11 Å². The van der Waals surface area contributed by atoms with Gasteiger partial charge in [0.05, 0.1) is 11.6 Å². The number of hydrogen-bond donors (Lipinski definition) is 1. The first-order valence-corrected chi connectivity index (χ1v) is 6.04. The number of halogens is 3. The van der Waals surface area contributed by atoms with E-state index in [1.165, 1.54) is 6.20 Å². The molecule has 0 aliphatic heterocycles. The summed E-state index contributed by atoms with van der Waals surface area (Å²) in [6, 6.07) is -0.533. The molecule has 96 valence electrons. The van der Waals surface area contributed by atoms with Crippen molar-refractivity contribution >= 4 is 11.3 Å². The maximum atomic E-state index is 12.4. The predicted molar refractivity (Wildman–Crippen MR) is 57.6 cm³/mol. The number of rotatable bonds is 3. The van der Waals surface area contributed by atoms with E-state index in [0.717, 1.165) is 19.3 Å². The molecule has 0 bridgehead atoms. The van der Waals surface area contributed by atoms with E-state index < -0.39 is 22.8 Å². The van der Waals surface area contributed by atoms with Crippen molar-refractivity contribution in [3.8, 4) is 0 Å². The lowest BCUT2D eigenvalue weighted by molar-refractivity contribution is -0.137. The summed E-state index contributed by atoms with van der Waals surface area (Å²) in [5, 5.41) is -0.853. The third-order valence-corrected chi connectivity index (χ3v) is 4.37. The Morgan fingerprint density at radius 3 is 2.53 bits per heavy atom. The third-order valence-electron chi connectivity index (χ3n) is 3.25. The van der Waals surface area contributed by atoms with Crippen molar-refractivity contribution in [3.05, 3.63) is 16.1 Å². The number of nitrogens with zero attached hydrogens (tertiary/aromatic N) is 1. The van der Waals surface area contributed by atoms with Crippen LogP contribution in [0.2, 0.25) is 0 Å². The van der Waals surface area contributed by atoms with Crippen LogP contribution in [0.4, 0.5) is 13.2 Å². The second-order valence-electron chi connectivity index (χ2n) is 4.17. The molecule has 0 saturated heterocycles. The van der Waals surface area contributed by atoms with E-state index in [0.29, 0.717) is 16.2 Å². The van der Waals surface area contributed by atoms with E-state index in [2.05, 4.69) is 4.98 Å². The quantitative estimate of drug-likeness (QED) is 0.915. The zero-order valence-electron chi connectivity index (χ0n) is 9.25. The van der Waals surface area contributed by atoms with Crippen molar-refractivity contribution in [3.63, 3.8) is 0 Å². The van der Waals surface area contributed by atoms with Crippen molar-refractivity contribution in [1.29, 1.82) is 0 Å². The number of hydrogen-bond acceptors (Lipinski definition) is 4. The van der Waals surface area contributed by atoms with Gasteiger partial charge in [0.2, 0.25) is 0 Å². The van der Waals surface area contributed by atoms with E-state index in [-0.39, 0.29) is 0 Å². The molecule has 0 aromatic carbocycles. The van der Waals surface area contributed by atoms with Gasteiger partial charge in [-0.15, -0.1) is 11.3 Å². The highest BCUT2D eigenvalue weighted by atomic mass is 32.1. The summed E-state index contributed by atoms with van der Waals surface area (Å²) in [6.45, 7) is 0. The summed E-state index contributed by atoms with van der Waals surface area (Å²) in [5.74, 6) is 0. The first-order valence-electron chi connectivity index (χ1n) is 5.23. The smallest absolute Gasteiger partial charge is 0.376 e. The van der Waals surface area contributed by atoms with E-state index >= 15 is 0 Å². The molecule has 1 heterocycles. The first kappa shape index (κ1) is 12.8. The molecule has 1 aromatic rings. The van der Waals surface area contributed by atoms with Gasteiger partial charge in [-0.25, -0.2) is 4.98 Å². The molecule has 3 nitrogen and oxygen atoms in total. The Morgan fingerprint density at radius 2 is 2.18 bits per heavy atom. The van der Waals surface area contributed by atoms with Crippen LogP contribution in [-0.2, 0) is 10.9 Å². The van der Waals surface area contributed by atoms with Crippen LogP contribution in [-0.4, -0.2) is 17.7 Å². The second-order valence-corrected chi connectivity index (χ2v) is 5.23. The average Bonchev–Trinajstić information content (AvgIpc) is 2.64. The maximum Gasteiger partial charge on any atom is 0.443 e. The van der Waals surface area contributed by atoms with Crippen LogP contribution in [0.25, 0.3) is 0 Å². The molecular formula is C10H13F3N2OS. The molecular weight excluding hydrogens is 253 g/mol. The number of ether oxygens (including phenoxy) is 1. The van der Waals surface area contributed by atoms with Gasteiger partial charge in [-0.05, 0) is 19.3 Å². The van der Waals surface area contributed by atoms with Gasteiger partial charge in [-0.1, -0.05) is 0 Å². The van der Waals surface area contributed by atoms with Crippen LogP contribution < -0.4 is 5.73 Å². The highest BCUT2D eigenvalue weighted by Gasteiger charge is 2.45. The maximum absolute atomic E-state index is 12.4. The molecule has 1 unspecified atom stereocenters. The van der Waals surface area contributed by atoms with Gasteiger partial charge in [0.1, 0.15) is 0 Å². The van der Waals surface area contributed by atoms with Crippen molar-refractivity contribution in [1.82, 2.24) is 4.98 Å². The second kappa shape index (κ2) is 4.22. The molecule has 2 rings (SSSR count). The minimum absolute atomic E-state index is 0.430. The monoisotopic (exact) mass is 266 g/mol. The molecule has 0 spiro atoms. The predicted octanol–water partition coefficient (Wildman–Crippen LogP) is 2.73. The largest absolute Gasteiger partial charge is 0.443 e. The molecule has 1 aliphatic carbocycles. The zero-order valence-corrected chi connectivity index (χ0v) is 10.1. The Balaban J connectivity index is 2.20. The van der Waals surface area contributed by atoms with Crippen molar-refractivity contribution < 1.29 is 17.9 Å².